The van der Waals surface area contributed by atoms with Gasteiger partial charge in [-0.25, -0.2) is 4.98 Å². The number of carbonyl (C=O) groups is 2. The summed E-state index contributed by atoms with van der Waals surface area (Å²) in [6, 6.07) is 0. The van der Waals surface area contributed by atoms with E-state index in [9.17, 15) is 19.8 Å². The van der Waals surface area contributed by atoms with Gasteiger partial charge < -0.3 is 24.3 Å². The lowest BCUT2D eigenvalue weighted by Crippen LogP contribution is -2.39. The van der Waals surface area contributed by atoms with E-state index in [4.69, 9.17) is 9.47 Å². The van der Waals surface area contributed by atoms with Gasteiger partial charge in [0.25, 0.3) is 0 Å². The second kappa shape index (κ2) is 34.5. The van der Waals surface area contributed by atoms with Crippen LogP contribution in [0, 0.1) is 0 Å². The number of unbranched alkanes of at least 4 members (excludes halogenated alkanes) is 14. The lowest BCUT2D eigenvalue weighted by molar-refractivity contribution is -0.150. The predicted molar refractivity (Wildman–Crippen MR) is 218 cm³/mol. The topological polar surface area (TPSA) is 114 Å². The number of aryl methyl sites for hydroxylation is 1. The Kier molecular flexibility index (Phi) is 31.9. The van der Waals surface area contributed by atoms with Crippen LogP contribution < -0.4 is 0 Å². The third-order valence-corrected chi connectivity index (χ3v) is 10.5. The summed E-state index contributed by atoms with van der Waals surface area (Å²) in [5.74, 6) is -0.185. The molecule has 0 aliphatic heterocycles. The van der Waals surface area contributed by atoms with Crippen LogP contribution in [-0.2, 0) is 25.6 Å². The van der Waals surface area contributed by atoms with Crippen LogP contribution in [0.25, 0.3) is 0 Å². The van der Waals surface area contributed by atoms with Crippen LogP contribution in [0.5, 0.6) is 0 Å². The Labute approximate surface area is 325 Å². The Morgan fingerprint density at radius 1 is 0.604 bits per heavy atom. The van der Waals surface area contributed by atoms with E-state index in [1.807, 2.05) is 12.5 Å². The van der Waals surface area contributed by atoms with Crippen molar-refractivity contribution in [1.29, 1.82) is 0 Å². The summed E-state index contributed by atoms with van der Waals surface area (Å²) in [7, 11) is 0. The molecule has 0 aliphatic rings. The second-order valence-electron chi connectivity index (χ2n) is 15.6. The van der Waals surface area contributed by atoms with E-state index in [0.717, 1.165) is 96.6 Å². The number of imidazole rings is 1. The molecule has 53 heavy (non-hydrogen) atoms. The zero-order valence-electron chi connectivity index (χ0n) is 34.8. The molecule has 0 bridgehead atoms. The summed E-state index contributed by atoms with van der Waals surface area (Å²) in [6.07, 6.45) is 31.4. The molecule has 0 fully saturated rings. The van der Waals surface area contributed by atoms with Crippen molar-refractivity contribution in [3.63, 3.8) is 0 Å². The Hall–Kier alpha value is -1.97. The highest BCUT2D eigenvalue weighted by Crippen LogP contribution is 2.17. The van der Waals surface area contributed by atoms with Gasteiger partial charge in [0.15, 0.2) is 0 Å². The first-order chi connectivity index (χ1) is 25.8. The van der Waals surface area contributed by atoms with Crippen molar-refractivity contribution < 1.29 is 29.3 Å². The molecule has 310 valence electrons. The van der Waals surface area contributed by atoms with Crippen LogP contribution >= 0.6 is 0 Å². The maximum absolute atomic E-state index is 12.4. The minimum Gasteiger partial charge on any atom is -0.462 e. The average Bonchev–Trinajstić information content (AvgIpc) is 3.66. The van der Waals surface area contributed by atoms with E-state index in [0.29, 0.717) is 38.8 Å². The second-order valence-corrected chi connectivity index (χ2v) is 15.6. The van der Waals surface area contributed by atoms with Gasteiger partial charge in [-0.2, -0.15) is 0 Å². The van der Waals surface area contributed by atoms with Gasteiger partial charge in [-0.3, -0.25) is 14.5 Å². The number of hydrogen-bond donors (Lipinski definition) is 2. The molecule has 1 heterocycles. The number of esters is 2. The number of aliphatic hydroxyl groups is 2. The Morgan fingerprint density at radius 2 is 1.04 bits per heavy atom. The Balaban J connectivity index is 2.33. The molecule has 0 amide bonds. The van der Waals surface area contributed by atoms with Gasteiger partial charge in [0.2, 0.25) is 0 Å². The molecule has 0 spiro atoms. The molecular formula is C44H83N3O6. The van der Waals surface area contributed by atoms with Crippen molar-refractivity contribution in [3.8, 4) is 0 Å². The molecule has 9 heteroatoms. The summed E-state index contributed by atoms with van der Waals surface area (Å²) in [5, 5.41) is 21.8. The van der Waals surface area contributed by atoms with E-state index < -0.39 is 12.2 Å². The number of nitrogens with zero attached hydrogens (tertiary/aromatic N) is 3. The fourth-order valence-corrected chi connectivity index (χ4v) is 7.07. The largest absolute Gasteiger partial charge is 0.462 e. The summed E-state index contributed by atoms with van der Waals surface area (Å²) < 4.78 is 13.6. The van der Waals surface area contributed by atoms with Gasteiger partial charge in [-0.1, -0.05) is 118 Å². The molecule has 0 saturated carbocycles. The zero-order valence-corrected chi connectivity index (χ0v) is 34.8. The van der Waals surface area contributed by atoms with Crippen LogP contribution in [0.15, 0.2) is 18.7 Å². The molecule has 0 aliphatic carbocycles. The number of rotatable bonds is 38. The summed E-state index contributed by atoms with van der Waals surface area (Å²) >= 11 is 0. The zero-order chi connectivity index (χ0) is 38.8. The summed E-state index contributed by atoms with van der Waals surface area (Å²) in [4.78, 5) is 31.2. The van der Waals surface area contributed by atoms with Gasteiger partial charge in [0.1, 0.15) is 12.2 Å². The molecular weight excluding hydrogens is 666 g/mol. The molecule has 4 atom stereocenters. The maximum atomic E-state index is 12.4. The van der Waals surface area contributed by atoms with E-state index >= 15 is 0 Å². The van der Waals surface area contributed by atoms with Crippen molar-refractivity contribution in [1.82, 2.24) is 14.5 Å². The highest BCUT2D eigenvalue weighted by Gasteiger charge is 2.17. The van der Waals surface area contributed by atoms with E-state index in [2.05, 4.69) is 42.1 Å². The van der Waals surface area contributed by atoms with Crippen LogP contribution in [0.4, 0.5) is 0 Å². The first kappa shape index (κ1) is 49.0. The van der Waals surface area contributed by atoms with E-state index in [1.165, 1.54) is 64.2 Å². The third-order valence-electron chi connectivity index (χ3n) is 10.5. The first-order valence-corrected chi connectivity index (χ1v) is 22.2. The quantitative estimate of drug-likeness (QED) is 0.0507. The lowest BCUT2D eigenvalue weighted by Gasteiger charge is -2.27. The number of aromatic nitrogens is 2. The molecule has 0 radical (unpaired) electrons. The van der Waals surface area contributed by atoms with Gasteiger partial charge in [-0.05, 0) is 70.6 Å². The Bertz CT molecular complexity index is 905. The monoisotopic (exact) mass is 750 g/mol. The van der Waals surface area contributed by atoms with Crippen molar-refractivity contribution in [2.75, 3.05) is 19.6 Å². The van der Waals surface area contributed by atoms with Crippen LogP contribution in [-0.4, -0.2) is 80.7 Å². The van der Waals surface area contributed by atoms with Crippen LogP contribution in [0.3, 0.4) is 0 Å². The molecule has 0 saturated heterocycles. The average molecular weight is 750 g/mol. The molecule has 2 unspecified atom stereocenters. The summed E-state index contributed by atoms with van der Waals surface area (Å²) in [5.41, 5.74) is 0. The van der Waals surface area contributed by atoms with Gasteiger partial charge in [0, 0.05) is 51.4 Å². The minimum absolute atomic E-state index is 0.0347. The number of ether oxygens (including phenoxy) is 2. The fraction of sp³-hybridized carbons (Fsp3) is 0.886. The molecule has 0 aromatic carbocycles. The smallest absolute Gasteiger partial charge is 0.306 e. The number of carbonyl (C=O) groups excluding carboxylic acids is 2. The van der Waals surface area contributed by atoms with E-state index in [-0.39, 0.29) is 24.1 Å². The van der Waals surface area contributed by atoms with Gasteiger partial charge >= 0.3 is 11.9 Å². The Morgan fingerprint density at radius 3 is 1.47 bits per heavy atom. The van der Waals surface area contributed by atoms with Gasteiger partial charge in [0.05, 0.1) is 18.5 Å². The van der Waals surface area contributed by atoms with E-state index in [1.54, 1.807) is 6.20 Å². The predicted octanol–water partition coefficient (Wildman–Crippen LogP) is 10.3. The summed E-state index contributed by atoms with van der Waals surface area (Å²) in [6.45, 7) is 11.3. The molecule has 9 nitrogen and oxygen atoms in total. The number of hydrogen-bond acceptors (Lipinski definition) is 8. The standard InChI is InChI=1S/C44H83N3O6/c1-5-9-11-13-15-21-28-41(7-3)52-43(50)30-23-17-19-26-39(48)36-47(34-25-33-46-35-32-45-38-46)37-40(49)27-20-18-24-31-44(51)53-42(8-4)29-22-16-14-12-10-6-2/h32,35,38-42,48-49H,5-31,33-34,36-37H2,1-4H3/t39-,40+,41?,42?. The fourth-order valence-electron chi connectivity index (χ4n) is 7.07. The minimum atomic E-state index is -0.483. The van der Waals surface area contributed by atoms with Gasteiger partial charge in [-0.15, -0.1) is 0 Å². The van der Waals surface area contributed by atoms with Crippen molar-refractivity contribution in [2.45, 2.75) is 232 Å². The first-order valence-electron chi connectivity index (χ1n) is 22.2. The number of aliphatic hydroxyl groups excluding tert-OH is 2. The van der Waals surface area contributed by atoms with Crippen molar-refractivity contribution >= 4 is 11.9 Å². The molecule has 1 aromatic rings. The highest BCUT2D eigenvalue weighted by molar-refractivity contribution is 5.69. The van der Waals surface area contributed by atoms with Crippen LogP contribution in [0.1, 0.15) is 201 Å². The SMILES string of the molecule is CCCCCCCCC(CC)OC(=O)CCCCC[C@@H](O)CN(CCCn1ccnc1)C[C@@H](O)CCCCCC(=O)OC(CC)CCCCCCCC. The molecule has 1 rings (SSSR count). The third kappa shape index (κ3) is 29.1. The highest BCUT2D eigenvalue weighted by atomic mass is 16.5. The van der Waals surface area contributed by atoms with Crippen molar-refractivity contribution in [2.24, 2.45) is 0 Å². The lowest BCUT2D eigenvalue weighted by atomic mass is 10.1. The van der Waals surface area contributed by atoms with Crippen molar-refractivity contribution in [3.05, 3.63) is 18.7 Å². The molecule has 2 N–H and O–H groups in total. The maximum Gasteiger partial charge on any atom is 0.306 e. The van der Waals surface area contributed by atoms with Crippen LogP contribution in [0.2, 0.25) is 0 Å². The molecule has 1 aromatic heterocycles. The normalized spacial score (nSPS) is 13.9.